The fraction of sp³-hybridized carbons (Fsp3) is 0.421. The van der Waals surface area contributed by atoms with E-state index in [9.17, 15) is 4.79 Å². The van der Waals surface area contributed by atoms with Gasteiger partial charge >= 0.3 is 0 Å². The molecule has 0 spiro atoms. The molecule has 3 heteroatoms. The Morgan fingerprint density at radius 2 is 2.05 bits per heavy atom. The number of carbonyl (C=O) groups excluding carboxylic acids is 1. The van der Waals surface area contributed by atoms with E-state index in [0.29, 0.717) is 24.0 Å². The van der Waals surface area contributed by atoms with E-state index in [0.717, 1.165) is 6.42 Å². The number of ether oxygens (including phenoxy) is 1. The average Bonchev–Trinajstić information content (AvgIpc) is 2.55. The third-order valence-electron chi connectivity index (χ3n) is 4.17. The molecule has 118 valence electrons. The summed E-state index contributed by atoms with van der Waals surface area (Å²) in [6, 6.07) is 10.3. The maximum atomic E-state index is 12.4. The SMILES string of the molecule is COC1CC=CC=C1C(=O)NCC(c1ccccc1)C(C)C. The van der Waals surface area contributed by atoms with Gasteiger partial charge in [0.15, 0.2) is 0 Å². The van der Waals surface area contributed by atoms with Crippen molar-refractivity contribution in [1.29, 1.82) is 0 Å². The zero-order chi connectivity index (χ0) is 15.9. The highest BCUT2D eigenvalue weighted by Crippen LogP contribution is 2.24. The van der Waals surface area contributed by atoms with Crippen LogP contribution in [0.3, 0.4) is 0 Å². The number of hydrogen-bond acceptors (Lipinski definition) is 2. The predicted octanol–water partition coefficient (Wildman–Crippen LogP) is 3.44. The van der Waals surface area contributed by atoms with Gasteiger partial charge in [0.1, 0.15) is 0 Å². The lowest BCUT2D eigenvalue weighted by atomic mass is 9.88. The second-order valence-corrected chi connectivity index (χ2v) is 5.98. The Balaban J connectivity index is 2.02. The molecule has 3 nitrogen and oxygen atoms in total. The number of hydrogen-bond donors (Lipinski definition) is 1. The highest BCUT2D eigenvalue weighted by molar-refractivity contribution is 5.95. The van der Waals surface area contributed by atoms with E-state index in [1.165, 1.54) is 5.56 Å². The molecule has 22 heavy (non-hydrogen) atoms. The smallest absolute Gasteiger partial charge is 0.249 e. The van der Waals surface area contributed by atoms with E-state index < -0.39 is 0 Å². The summed E-state index contributed by atoms with van der Waals surface area (Å²) in [7, 11) is 1.64. The lowest BCUT2D eigenvalue weighted by molar-refractivity contribution is -0.118. The van der Waals surface area contributed by atoms with Crippen LogP contribution in [0.4, 0.5) is 0 Å². The van der Waals surface area contributed by atoms with E-state index in [4.69, 9.17) is 4.74 Å². The minimum absolute atomic E-state index is 0.0298. The monoisotopic (exact) mass is 299 g/mol. The van der Waals surface area contributed by atoms with Gasteiger partial charge in [-0.2, -0.15) is 0 Å². The summed E-state index contributed by atoms with van der Waals surface area (Å²) < 4.78 is 5.38. The molecule has 0 fully saturated rings. The van der Waals surface area contributed by atoms with E-state index in [-0.39, 0.29) is 12.0 Å². The first kappa shape index (κ1) is 16.5. The van der Waals surface area contributed by atoms with Gasteiger partial charge in [-0.05, 0) is 17.9 Å². The van der Waals surface area contributed by atoms with Crippen LogP contribution in [0.15, 0.2) is 54.1 Å². The van der Waals surface area contributed by atoms with Gasteiger partial charge in [0.25, 0.3) is 0 Å². The number of amides is 1. The molecule has 0 bridgehead atoms. The fourth-order valence-electron chi connectivity index (χ4n) is 2.80. The lowest BCUT2D eigenvalue weighted by Crippen LogP contribution is -2.35. The van der Waals surface area contributed by atoms with Gasteiger partial charge in [-0.3, -0.25) is 4.79 Å². The van der Waals surface area contributed by atoms with Crippen LogP contribution in [-0.2, 0) is 9.53 Å². The average molecular weight is 299 g/mol. The summed E-state index contributed by atoms with van der Waals surface area (Å²) in [5.74, 6) is 0.741. The topological polar surface area (TPSA) is 38.3 Å². The standard InChI is InChI=1S/C19H25NO2/c1-14(2)17(15-9-5-4-6-10-15)13-20-19(21)16-11-7-8-12-18(16)22-3/h4-11,14,17-18H,12-13H2,1-3H3,(H,20,21). The Hall–Kier alpha value is -1.87. The lowest BCUT2D eigenvalue weighted by Gasteiger charge is -2.24. The summed E-state index contributed by atoms with van der Waals surface area (Å²) in [6.45, 7) is 5.01. The second kappa shape index (κ2) is 7.95. The molecule has 0 radical (unpaired) electrons. The Labute approximate surface area is 133 Å². The first-order valence-electron chi connectivity index (χ1n) is 7.86. The van der Waals surface area contributed by atoms with Crippen molar-refractivity contribution >= 4 is 5.91 Å². The molecule has 1 aliphatic rings. The quantitative estimate of drug-likeness (QED) is 0.874. The zero-order valence-electron chi connectivity index (χ0n) is 13.6. The Bertz CT molecular complexity index is 546. The molecule has 0 aliphatic heterocycles. The highest BCUT2D eigenvalue weighted by Gasteiger charge is 2.23. The molecule has 0 saturated carbocycles. The summed E-state index contributed by atoms with van der Waals surface area (Å²) in [5, 5.41) is 3.08. The van der Waals surface area contributed by atoms with Crippen LogP contribution in [0.2, 0.25) is 0 Å². The van der Waals surface area contributed by atoms with Crippen molar-refractivity contribution in [2.45, 2.75) is 32.3 Å². The van der Waals surface area contributed by atoms with Crippen molar-refractivity contribution in [3.63, 3.8) is 0 Å². The molecule has 2 rings (SSSR count). The highest BCUT2D eigenvalue weighted by atomic mass is 16.5. The van der Waals surface area contributed by atoms with Gasteiger partial charge in [0.2, 0.25) is 5.91 Å². The number of benzene rings is 1. The number of carbonyl (C=O) groups is 1. The van der Waals surface area contributed by atoms with Crippen LogP contribution in [0.5, 0.6) is 0 Å². The van der Waals surface area contributed by atoms with Crippen molar-refractivity contribution < 1.29 is 9.53 Å². The first-order valence-corrected chi connectivity index (χ1v) is 7.86. The van der Waals surface area contributed by atoms with E-state index in [1.807, 2.05) is 36.4 Å². The maximum absolute atomic E-state index is 12.4. The fourth-order valence-corrected chi connectivity index (χ4v) is 2.80. The van der Waals surface area contributed by atoms with Crippen LogP contribution < -0.4 is 5.32 Å². The number of rotatable bonds is 6. The van der Waals surface area contributed by atoms with Crippen LogP contribution >= 0.6 is 0 Å². The van der Waals surface area contributed by atoms with Gasteiger partial charge < -0.3 is 10.1 Å². The van der Waals surface area contributed by atoms with Crippen molar-refractivity contribution in [3.8, 4) is 0 Å². The molecular formula is C19H25NO2. The maximum Gasteiger partial charge on any atom is 0.249 e. The molecule has 0 aromatic heterocycles. The van der Waals surface area contributed by atoms with Gasteiger partial charge in [0.05, 0.1) is 6.10 Å². The third kappa shape index (κ3) is 4.08. The van der Waals surface area contributed by atoms with Crippen LogP contribution in [0.1, 0.15) is 31.7 Å². The zero-order valence-corrected chi connectivity index (χ0v) is 13.6. The molecule has 1 aromatic rings. The molecule has 1 amide bonds. The molecule has 1 aromatic carbocycles. The minimum atomic E-state index is -0.140. The summed E-state index contributed by atoms with van der Waals surface area (Å²) >= 11 is 0. The van der Waals surface area contributed by atoms with Crippen molar-refractivity contribution in [1.82, 2.24) is 5.32 Å². The van der Waals surface area contributed by atoms with Crippen LogP contribution in [-0.4, -0.2) is 25.7 Å². The molecule has 1 aliphatic carbocycles. The first-order chi connectivity index (χ1) is 10.6. The van der Waals surface area contributed by atoms with Crippen molar-refractivity contribution in [2.75, 3.05) is 13.7 Å². The minimum Gasteiger partial charge on any atom is -0.376 e. The van der Waals surface area contributed by atoms with E-state index in [2.05, 4.69) is 31.3 Å². The number of nitrogens with one attached hydrogen (secondary N) is 1. The molecule has 2 atom stereocenters. The summed E-state index contributed by atoms with van der Waals surface area (Å²) in [5.41, 5.74) is 1.97. The normalized spacial score (nSPS) is 18.9. The largest absolute Gasteiger partial charge is 0.376 e. The number of methoxy groups -OCH3 is 1. The third-order valence-corrected chi connectivity index (χ3v) is 4.17. The van der Waals surface area contributed by atoms with Crippen molar-refractivity contribution in [3.05, 3.63) is 59.7 Å². The molecular weight excluding hydrogens is 274 g/mol. The molecule has 2 unspecified atom stereocenters. The Morgan fingerprint density at radius 3 is 2.68 bits per heavy atom. The molecule has 1 N–H and O–H groups in total. The second-order valence-electron chi connectivity index (χ2n) is 5.98. The van der Waals surface area contributed by atoms with Gasteiger partial charge in [-0.1, -0.05) is 62.4 Å². The van der Waals surface area contributed by atoms with E-state index in [1.54, 1.807) is 7.11 Å². The van der Waals surface area contributed by atoms with E-state index >= 15 is 0 Å². The van der Waals surface area contributed by atoms with Gasteiger partial charge in [-0.25, -0.2) is 0 Å². The Kier molecular flexibility index (Phi) is 5.96. The van der Waals surface area contributed by atoms with Crippen molar-refractivity contribution in [2.24, 2.45) is 5.92 Å². The number of allylic oxidation sites excluding steroid dienone is 2. The summed E-state index contributed by atoms with van der Waals surface area (Å²) in [4.78, 5) is 12.4. The predicted molar refractivity (Wildman–Crippen MR) is 89.7 cm³/mol. The van der Waals surface area contributed by atoms with Gasteiger partial charge in [0, 0.05) is 25.1 Å². The van der Waals surface area contributed by atoms with Gasteiger partial charge in [-0.15, -0.1) is 0 Å². The van der Waals surface area contributed by atoms with Crippen LogP contribution in [0.25, 0.3) is 0 Å². The Morgan fingerprint density at radius 1 is 1.32 bits per heavy atom. The molecule has 0 saturated heterocycles. The molecule has 0 heterocycles. The van der Waals surface area contributed by atoms with Crippen LogP contribution in [0, 0.1) is 5.92 Å². The summed E-state index contributed by atoms with van der Waals surface area (Å²) in [6.07, 6.45) is 6.40.